The summed E-state index contributed by atoms with van der Waals surface area (Å²) >= 11 is 5.49. The van der Waals surface area contributed by atoms with E-state index in [2.05, 4.69) is 12.2 Å². The quantitative estimate of drug-likeness (QED) is 0.583. The standard InChI is InChI=1S/C12H20ClNO/c1-12(7-3-2-4-8-12)11(15)14-10-6-5-9-13/h5-6H,2-4,7-10H2,1H3,(H,14,15)/b6-5+. The maximum absolute atomic E-state index is 11.9. The fourth-order valence-electron chi connectivity index (χ4n) is 2.07. The first-order valence-electron chi connectivity index (χ1n) is 5.68. The van der Waals surface area contributed by atoms with Crippen molar-refractivity contribution in [3.8, 4) is 0 Å². The van der Waals surface area contributed by atoms with E-state index in [1.54, 1.807) is 0 Å². The minimum absolute atomic E-state index is 0.132. The Balaban J connectivity index is 2.34. The molecule has 15 heavy (non-hydrogen) atoms. The van der Waals surface area contributed by atoms with Crippen molar-refractivity contribution >= 4 is 17.5 Å². The molecule has 1 fully saturated rings. The van der Waals surface area contributed by atoms with Crippen LogP contribution in [0, 0.1) is 5.41 Å². The third kappa shape index (κ3) is 3.86. The van der Waals surface area contributed by atoms with Gasteiger partial charge in [-0.3, -0.25) is 4.79 Å². The SMILES string of the molecule is CC1(C(=O)NC/C=C/CCl)CCCCC1. The molecule has 2 nitrogen and oxygen atoms in total. The van der Waals surface area contributed by atoms with Crippen LogP contribution in [0.15, 0.2) is 12.2 Å². The van der Waals surface area contributed by atoms with Crippen LogP contribution in [0.1, 0.15) is 39.0 Å². The fraction of sp³-hybridized carbons (Fsp3) is 0.750. The second-order valence-electron chi connectivity index (χ2n) is 4.46. The summed E-state index contributed by atoms with van der Waals surface area (Å²) in [6, 6.07) is 0. The first-order valence-corrected chi connectivity index (χ1v) is 6.22. The van der Waals surface area contributed by atoms with Crippen molar-refractivity contribution in [2.24, 2.45) is 5.41 Å². The minimum Gasteiger partial charge on any atom is -0.352 e. The van der Waals surface area contributed by atoms with Crippen molar-refractivity contribution in [3.05, 3.63) is 12.2 Å². The predicted molar refractivity (Wildman–Crippen MR) is 64.1 cm³/mol. The molecular weight excluding hydrogens is 210 g/mol. The third-order valence-corrected chi connectivity index (χ3v) is 3.32. The van der Waals surface area contributed by atoms with Gasteiger partial charge in [0.2, 0.25) is 5.91 Å². The van der Waals surface area contributed by atoms with Crippen LogP contribution in [-0.2, 0) is 4.79 Å². The second kappa shape index (κ2) is 6.16. The molecule has 1 rings (SSSR count). The average Bonchev–Trinajstić information content (AvgIpc) is 2.25. The molecule has 1 N–H and O–H groups in total. The minimum atomic E-state index is -0.132. The summed E-state index contributed by atoms with van der Waals surface area (Å²) < 4.78 is 0. The van der Waals surface area contributed by atoms with Crippen LogP contribution in [0.3, 0.4) is 0 Å². The molecule has 0 aromatic carbocycles. The summed E-state index contributed by atoms with van der Waals surface area (Å²) in [4.78, 5) is 11.9. The van der Waals surface area contributed by atoms with E-state index in [0.29, 0.717) is 12.4 Å². The molecule has 0 heterocycles. The monoisotopic (exact) mass is 229 g/mol. The number of halogens is 1. The molecule has 1 aliphatic carbocycles. The number of carbonyl (C=O) groups is 1. The van der Waals surface area contributed by atoms with Crippen molar-refractivity contribution in [2.45, 2.75) is 39.0 Å². The predicted octanol–water partition coefficient (Wildman–Crippen LogP) is 2.87. The summed E-state index contributed by atoms with van der Waals surface area (Å²) in [5, 5.41) is 2.94. The smallest absolute Gasteiger partial charge is 0.226 e. The molecule has 1 aliphatic rings. The number of carbonyl (C=O) groups excluding carboxylic acids is 1. The lowest BCUT2D eigenvalue weighted by atomic mass is 9.75. The topological polar surface area (TPSA) is 29.1 Å². The number of hydrogen-bond donors (Lipinski definition) is 1. The molecule has 0 bridgehead atoms. The number of nitrogens with one attached hydrogen (secondary N) is 1. The molecule has 86 valence electrons. The molecule has 0 atom stereocenters. The summed E-state index contributed by atoms with van der Waals surface area (Å²) in [7, 11) is 0. The van der Waals surface area contributed by atoms with Crippen LogP contribution >= 0.6 is 11.6 Å². The lowest BCUT2D eigenvalue weighted by Crippen LogP contribution is -2.40. The summed E-state index contributed by atoms with van der Waals surface area (Å²) in [6.45, 7) is 2.67. The molecule has 0 aliphatic heterocycles. The van der Waals surface area contributed by atoms with Crippen molar-refractivity contribution in [3.63, 3.8) is 0 Å². The van der Waals surface area contributed by atoms with E-state index in [1.807, 2.05) is 12.2 Å². The molecule has 0 saturated heterocycles. The van der Waals surface area contributed by atoms with Gasteiger partial charge >= 0.3 is 0 Å². The van der Waals surface area contributed by atoms with E-state index < -0.39 is 0 Å². The second-order valence-corrected chi connectivity index (χ2v) is 4.77. The van der Waals surface area contributed by atoms with Crippen LogP contribution in [0.4, 0.5) is 0 Å². The van der Waals surface area contributed by atoms with Crippen LogP contribution in [0.25, 0.3) is 0 Å². The number of hydrogen-bond acceptors (Lipinski definition) is 1. The Kier molecular flexibility index (Phi) is 5.16. The van der Waals surface area contributed by atoms with Crippen molar-refractivity contribution < 1.29 is 4.79 Å². The molecular formula is C12H20ClNO. The van der Waals surface area contributed by atoms with Gasteiger partial charge in [-0.25, -0.2) is 0 Å². The van der Waals surface area contributed by atoms with Crippen molar-refractivity contribution in [1.82, 2.24) is 5.32 Å². The van der Waals surface area contributed by atoms with Gasteiger partial charge in [-0.2, -0.15) is 0 Å². The molecule has 0 radical (unpaired) electrons. The number of amides is 1. The molecule has 1 saturated carbocycles. The van der Waals surface area contributed by atoms with Gasteiger partial charge in [-0.05, 0) is 12.8 Å². The van der Waals surface area contributed by atoms with Crippen LogP contribution < -0.4 is 5.32 Å². The normalized spacial score (nSPS) is 20.4. The van der Waals surface area contributed by atoms with Crippen LogP contribution in [0.2, 0.25) is 0 Å². The van der Waals surface area contributed by atoms with E-state index >= 15 is 0 Å². The maximum atomic E-state index is 11.9. The fourth-order valence-corrected chi connectivity index (χ4v) is 2.20. The highest BCUT2D eigenvalue weighted by Gasteiger charge is 2.33. The Hall–Kier alpha value is -0.500. The van der Waals surface area contributed by atoms with Crippen LogP contribution in [0.5, 0.6) is 0 Å². The molecule has 3 heteroatoms. The van der Waals surface area contributed by atoms with Gasteiger partial charge < -0.3 is 5.32 Å². The first-order chi connectivity index (χ1) is 7.19. The molecule has 0 aromatic rings. The third-order valence-electron chi connectivity index (χ3n) is 3.14. The number of rotatable bonds is 4. The van der Waals surface area contributed by atoms with Gasteiger partial charge in [0.1, 0.15) is 0 Å². The Morgan fingerprint density at radius 1 is 1.33 bits per heavy atom. The van der Waals surface area contributed by atoms with Gasteiger partial charge in [-0.15, -0.1) is 11.6 Å². The zero-order valence-electron chi connectivity index (χ0n) is 9.39. The van der Waals surface area contributed by atoms with E-state index in [9.17, 15) is 4.79 Å². The van der Waals surface area contributed by atoms with Gasteiger partial charge in [0, 0.05) is 17.8 Å². The highest BCUT2D eigenvalue weighted by atomic mass is 35.5. The lowest BCUT2D eigenvalue weighted by Gasteiger charge is -2.31. The van der Waals surface area contributed by atoms with Gasteiger partial charge in [0.25, 0.3) is 0 Å². The van der Waals surface area contributed by atoms with E-state index in [-0.39, 0.29) is 11.3 Å². The molecule has 0 spiro atoms. The van der Waals surface area contributed by atoms with Crippen LogP contribution in [-0.4, -0.2) is 18.3 Å². The average molecular weight is 230 g/mol. The summed E-state index contributed by atoms with van der Waals surface area (Å²) in [5.74, 6) is 0.703. The van der Waals surface area contributed by atoms with Gasteiger partial charge in [0.15, 0.2) is 0 Å². The van der Waals surface area contributed by atoms with Crippen molar-refractivity contribution in [1.29, 1.82) is 0 Å². The zero-order valence-corrected chi connectivity index (χ0v) is 10.1. The van der Waals surface area contributed by atoms with E-state index in [1.165, 1.54) is 19.3 Å². The molecule has 0 unspecified atom stereocenters. The first kappa shape index (κ1) is 12.6. The zero-order chi connectivity index (χ0) is 11.1. The lowest BCUT2D eigenvalue weighted by molar-refractivity contribution is -0.131. The Morgan fingerprint density at radius 3 is 2.60 bits per heavy atom. The van der Waals surface area contributed by atoms with E-state index in [0.717, 1.165) is 12.8 Å². The largest absolute Gasteiger partial charge is 0.352 e. The summed E-state index contributed by atoms with van der Waals surface area (Å²) in [5.41, 5.74) is -0.132. The Labute approximate surface area is 97.1 Å². The molecule has 1 amide bonds. The molecule has 0 aromatic heterocycles. The summed E-state index contributed by atoms with van der Waals surface area (Å²) in [6.07, 6.45) is 9.44. The van der Waals surface area contributed by atoms with E-state index in [4.69, 9.17) is 11.6 Å². The number of alkyl halides is 1. The highest BCUT2D eigenvalue weighted by molar-refractivity contribution is 6.18. The highest BCUT2D eigenvalue weighted by Crippen LogP contribution is 2.35. The number of allylic oxidation sites excluding steroid dienone is 1. The van der Waals surface area contributed by atoms with Gasteiger partial charge in [-0.1, -0.05) is 38.3 Å². The Bertz CT molecular complexity index is 232. The maximum Gasteiger partial charge on any atom is 0.226 e. The van der Waals surface area contributed by atoms with Crippen molar-refractivity contribution in [2.75, 3.05) is 12.4 Å². The Morgan fingerprint density at radius 2 is 2.00 bits per heavy atom. The van der Waals surface area contributed by atoms with Gasteiger partial charge in [0.05, 0.1) is 0 Å².